The molecule has 0 spiro atoms. The van der Waals surface area contributed by atoms with E-state index in [4.69, 9.17) is 16.3 Å². The fourth-order valence-corrected chi connectivity index (χ4v) is 2.86. The molecule has 0 aromatic carbocycles. The van der Waals surface area contributed by atoms with Gasteiger partial charge in [-0.25, -0.2) is 15.0 Å². The van der Waals surface area contributed by atoms with Crippen LogP contribution in [-0.4, -0.2) is 37.5 Å². The summed E-state index contributed by atoms with van der Waals surface area (Å²) in [4.78, 5) is 28.6. The van der Waals surface area contributed by atoms with Crippen molar-refractivity contribution >= 4 is 34.6 Å². The van der Waals surface area contributed by atoms with Gasteiger partial charge in [0.1, 0.15) is 17.6 Å². The van der Waals surface area contributed by atoms with Crippen molar-refractivity contribution in [2.75, 3.05) is 12.4 Å². The average Bonchev–Trinajstić information content (AvgIpc) is 2.89. The summed E-state index contributed by atoms with van der Waals surface area (Å²) in [5, 5.41) is 2.92. The Kier molecular flexibility index (Phi) is 4.54. The first-order chi connectivity index (χ1) is 11.9. The first-order valence-corrected chi connectivity index (χ1v) is 7.93. The summed E-state index contributed by atoms with van der Waals surface area (Å²) in [6, 6.07) is 0. The Hall–Kier alpha value is -2.74. The molecule has 3 aromatic rings. The zero-order valence-corrected chi connectivity index (χ0v) is 15.0. The molecule has 0 aliphatic rings. The Morgan fingerprint density at radius 1 is 1.32 bits per heavy atom. The van der Waals surface area contributed by atoms with Crippen LogP contribution in [0, 0.1) is 13.8 Å². The summed E-state index contributed by atoms with van der Waals surface area (Å²) in [7, 11) is 1.63. The molecule has 0 saturated heterocycles. The molecule has 3 aromatic heterocycles. The highest BCUT2D eigenvalue weighted by Gasteiger charge is 2.18. The lowest BCUT2D eigenvalue weighted by Gasteiger charge is -2.14. The van der Waals surface area contributed by atoms with Gasteiger partial charge in [0.15, 0.2) is 10.8 Å². The number of imidazole rings is 1. The number of hydrogen-bond donors (Lipinski definition) is 1. The maximum Gasteiger partial charge on any atom is 0.223 e. The molecule has 0 aliphatic heterocycles. The van der Waals surface area contributed by atoms with E-state index in [0.717, 1.165) is 22.6 Å². The Morgan fingerprint density at radius 2 is 2.08 bits per heavy atom. The minimum Gasteiger partial charge on any atom is -0.496 e. The van der Waals surface area contributed by atoms with Crippen LogP contribution in [0.4, 0.5) is 5.95 Å². The van der Waals surface area contributed by atoms with Crippen LogP contribution in [0.1, 0.15) is 23.7 Å². The number of ether oxygens (including phenoxy) is 1. The van der Waals surface area contributed by atoms with Crippen molar-refractivity contribution in [3.63, 3.8) is 0 Å². The second kappa shape index (κ2) is 6.64. The van der Waals surface area contributed by atoms with Gasteiger partial charge in [0, 0.05) is 24.2 Å². The SMILES string of the molecule is COc1c(C)cnc(Cn2c(NC(C)=O)nc3c(Cl)ncnc32)c1C. The summed E-state index contributed by atoms with van der Waals surface area (Å²) < 4.78 is 7.20. The molecule has 1 amide bonds. The number of carbonyl (C=O) groups is 1. The van der Waals surface area contributed by atoms with Crippen molar-refractivity contribution in [1.29, 1.82) is 0 Å². The van der Waals surface area contributed by atoms with Crippen molar-refractivity contribution in [3.05, 3.63) is 34.5 Å². The molecule has 1 N–H and O–H groups in total. The Balaban J connectivity index is 2.15. The first-order valence-electron chi connectivity index (χ1n) is 7.55. The number of aromatic nitrogens is 5. The highest BCUT2D eigenvalue weighted by Crippen LogP contribution is 2.27. The average molecular weight is 361 g/mol. The van der Waals surface area contributed by atoms with E-state index in [1.54, 1.807) is 17.9 Å². The van der Waals surface area contributed by atoms with Crippen molar-refractivity contribution in [2.24, 2.45) is 0 Å². The standard InChI is InChI=1S/C16H17ClN6O2/c1-8-5-18-11(9(2)13(8)25-4)6-23-15-12(14(17)19-7-20-15)22-16(23)21-10(3)24/h5,7H,6H2,1-4H3,(H,21,22,24). The molecule has 0 fully saturated rings. The van der Waals surface area contributed by atoms with E-state index in [1.807, 2.05) is 13.8 Å². The number of carbonyl (C=O) groups excluding carboxylic acids is 1. The van der Waals surface area contributed by atoms with E-state index >= 15 is 0 Å². The number of pyridine rings is 1. The Morgan fingerprint density at radius 3 is 2.76 bits per heavy atom. The topological polar surface area (TPSA) is 94.8 Å². The lowest BCUT2D eigenvalue weighted by molar-refractivity contribution is -0.114. The van der Waals surface area contributed by atoms with Gasteiger partial charge in [0.25, 0.3) is 0 Å². The number of nitrogens with zero attached hydrogens (tertiary/aromatic N) is 5. The zero-order valence-electron chi connectivity index (χ0n) is 14.3. The fourth-order valence-electron chi connectivity index (χ4n) is 2.69. The number of hydrogen-bond acceptors (Lipinski definition) is 6. The largest absolute Gasteiger partial charge is 0.496 e. The quantitative estimate of drug-likeness (QED) is 0.718. The summed E-state index contributed by atoms with van der Waals surface area (Å²) in [6.07, 6.45) is 3.11. The molecule has 3 heterocycles. The van der Waals surface area contributed by atoms with E-state index in [-0.39, 0.29) is 11.1 Å². The second-order valence-electron chi connectivity index (χ2n) is 5.59. The van der Waals surface area contributed by atoms with Crippen molar-refractivity contribution < 1.29 is 9.53 Å². The maximum atomic E-state index is 11.5. The van der Waals surface area contributed by atoms with Crippen LogP contribution in [0.3, 0.4) is 0 Å². The first kappa shape index (κ1) is 17.1. The third-order valence-electron chi connectivity index (χ3n) is 3.83. The number of methoxy groups -OCH3 is 1. The van der Waals surface area contributed by atoms with Gasteiger partial charge in [-0.05, 0) is 13.8 Å². The van der Waals surface area contributed by atoms with E-state index in [2.05, 4.69) is 25.3 Å². The molecule has 130 valence electrons. The van der Waals surface area contributed by atoms with Gasteiger partial charge >= 0.3 is 0 Å². The van der Waals surface area contributed by atoms with Gasteiger partial charge in [0.05, 0.1) is 19.3 Å². The fraction of sp³-hybridized carbons (Fsp3) is 0.312. The Bertz CT molecular complexity index is 969. The lowest BCUT2D eigenvalue weighted by atomic mass is 10.1. The van der Waals surface area contributed by atoms with E-state index < -0.39 is 0 Å². The molecule has 0 bridgehead atoms. The van der Waals surface area contributed by atoms with Crippen LogP contribution in [0.15, 0.2) is 12.5 Å². The minimum atomic E-state index is -0.244. The molecular weight excluding hydrogens is 344 g/mol. The van der Waals surface area contributed by atoms with E-state index in [0.29, 0.717) is 23.7 Å². The molecule has 9 heteroatoms. The Labute approximate surface area is 149 Å². The lowest BCUT2D eigenvalue weighted by Crippen LogP contribution is -2.14. The van der Waals surface area contributed by atoms with Gasteiger partial charge in [-0.15, -0.1) is 0 Å². The number of rotatable bonds is 4. The number of fused-ring (bicyclic) bond motifs is 1. The van der Waals surface area contributed by atoms with Crippen LogP contribution in [0.25, 0.3) is 11.2 Å². The third kappa shape index (κ3) is 3.12. The molecular formula is C16H17ClN6O2. The molecule has 0 saturated carbocycles. The van der Waals surface area contributed by atoms with E-state index in [9.17, 15) is 4.79 Å². The van der Waals surface area contributed by atoms with Crippen LogP contribution >= 0.6 is 11.6 Å². The van der Waals surface area contributed by atoms with Gasteiger partial charge in [-0.1, -0.05) is 11.6 Å². The molecule has 0 radical (unpaired) electrons. The highest BCUT2D eigenvalue weighted by molar-refractivity contribution is 6.33. The smallest absolute Gasteiger partial charge is 0.223 e. The van der Waals surface area contributed by atoms with Crippen LogP contribution < -0.4 is 10.1 Å². The number of nitrogens with one attached hydrogen (secondary N) is 1. The minimum absolute atomic E-state index is 0.224. The number of halogens is 1. The molecule has 3 rings (SSSR count). The van der Waals surface area contributed by atoms with Crippen molar-refractivity contribution in [1.82, 2.24) is 24.5 Å². The maximum absolute atomic E-state index is 11.5. The van der Waals surface area contributed by atoms with Gasteiger partial charge in [-0.3, -0.25) is 19.7 Å². The van der Waals surface area contributed by atoms with Crippen molar-refractivity contribution in [3.8, 4) is 5.75 Å². The van der Waals surface area contributed by atoms with Crippen molar-refractivity contribution in [2.45, 2.75) is 27.3 Å². The van der Waals surface area contributed by atoms with E-state index in [1.165, 1.54) is 13.3 Å². The summed E-state index contributed by atoms with van der Waals surface area (Å²) in [5.74, 6) is 0.876. The van der Waals surface area contributed by atoms with Gasteiger partial charge < -0.3 is 4.74 Å². The van der Waals surface area contributed by atoms with Crippen LogP contribution in [0.2, 0.25) is 5.15 Å². The number of anilines is 1. The number of amides is 1. The number of aryl methyl sites for hydroxylation is 1. The predicted octanol–water partition coefficient (Wildman–Crippen LogP) is 2.51. The van der Waals surface area contributed by atoms with Gasteiger partial charge in [0.2, 0.25) is 11.9 Å². The molecule has 0 unspecified atom stereocenters. The van der Waals surface area contributed by atoms with Crippen LogP contribution in [-0.2, 0) is 11.3 Å². The zero-order chi connectivity index (χ0) is 18.1. The molecule has 0 aliphatic carbocycles. The highest BCUT2D eigenvalue weighted by atomic mass is 35.5. The third-order valence-corrected chi connectivity index (χ3v) is 4.11. The predicted molar refractivity (Wildman–Crippen MR) is 94.0 cm³/mol. The summed E-state index contributed by atoms with van der Waals surface area (Å²) in [6.45, 7) is 5.63. The van der Waals surface area contributed by atoms with Crippen LogP contribution in [0.5, 0.6) is 5.75 Å². The summed E-state index contributed by atoms with van der Waals surface area (Å²) >= 11 is 6.11. The molecule has 8 nitrogen and oxygen atoms in total. The second-order valence-corrected chi connectivity index (χ2v) is 5.94. The normalized spacial score (nSPS) is 10.9. The van der Waals surface area contributed by atoms with Gasteiger partial charge in [-0.2, -0.15) is 0 Å². The molecule has 25 heavy (non-hydrogen) atoms. The molecule has 0 atom stereocenters. The monoisotopic (exact) mass is 360 g/mol. The summed E-state index contributed by atoms with van der Waals surface area (Å²) in [5.41, 5.74) is 3.59.